The number of benzene rings is 2. The van der Waals surface area contributed by atoms with Crippen LogP contribution in [0.2, 0.25) is 0 Å². The lowest BCUT2D eigenvalue weighted by atomic mass is 10.3. The number of hydrogen-bond acceptors (Lipinski definition) is 7. The van der Waals surface area contributed by atoms with E-state index in [1.54, 1.807) is 24.3 Å². The van der Waals surface area contributed by atoms with Gasteiger partial charge >= 0.3 is 0 Å². The fourth-order valence-electron chi connectivity index (χ4n) is 1.10. The molecule has 0 unspecified atom stereocenters. The van der Waals surface area contributed by atoms with E-state index in [-0.39, 0.29) is 6.15 Å². The minimum atomic E-state index is -4.28. The lowest BCUT2D eigenvalue weighted by molar-refractivity contribution is -0.219. The Kier molecular flexibility index (Phi) is 15.4. The van der Waals surface area contributed by atoms with Crippen LogP contribution in [0.3, 0.4) is 0 Å². The quantitative estimate of drug-likeness (QED) is 0.233. The van der Waals surface area contributed by atoms with Crippen molar-refractivity contribution in [1.82, 2.24) is 6.15 Å². The molecule has 0 aliphatic carbocycles. The molecule has 10 nitrogen and oxygen atoms in total. The van der Waals surface area contributed by atoms with E-state index in [4.69, 9.17) is 30.1 Å². The van der Waals surface area contributed by atoms with Gasteiger partial charge in [-0.05, 0) is 24.3 Å². The maximum absolute atomic E-state index is 10.4. The SMILES string of the molecule is C=O.N=C(N)[O-].O=S(=O)(O)c1ccccc1O.Oc1ccccc1.[NH4+]. The lowest BCUT2D eigenvalue weighted by Crippen LogP contribution is -2.25. The van der Waals surface area contributed by atoms with Crippen LogP contribution in [-0.2, 0) is 14.9 Å². The maximum atomic E-state index is 10.4. The van der Waals surface area contributed by atoms with Crippen LogP contribution >= 0.6 is 0 Å². The fourth-order valence-corrected chi connectivity index (χ4v) is 1.69. The first-order chi connectivity index (χ1) is 11.1. The Morgan fingerprint density at radius 1 is 1.00 bits per heavy atom. The lowest BCUT2D eigenvalue weighted by Gasteiger charge is -1.97. The van der Waals surface area contributed by atoms with Gasteiger partial charge in [-0.25, -0.2) is 0 Å². The molecule has 0 amide bonds. The van der Waals surface area contributed by atoms with Gasteiger partial charge in [0.05, 0.1) is 0 Å². The van der Waals surface area contributed by atoms with Crippen molar-refractivity contribution in [3.05, 3.63) is 54.6 Å². The minimum Gasteiger partial charge on any atom is -0.847 e. The molecule has 2 aromatic rings. The van der Waals surface area contributed by atoms with Gasteiger partial charge in [0.1, 0.15) is 23.2 Å². The van der Waals surface area contributed by atoms with Crippen LogP contribution in [0, 0.1) is 5.41 Å². The van der Waals surface area contributed by atoms with E-state index in [1.165, 1.54) is 18.2 Å². The van der Waals surface area contributed by atoms with Gasteiger partial charge in [0.15, 0.2) is 0 Å². The first-order valence-corrected chi connectivity index (χ1v) is 7.38. The summed E-state index contributed by atoms with van der Waals surface area (Å²) in [4.78, 5) is 7.53. The molecule has 0 aliphatic rings. The zero-order valence-corrected chi connectivity index (χ0v) is 14.2. The molecule has 10 N–H and O–H groups in total. The average Bonchev–Trinajstić information content (AvgIpc) is 2.49. The molecule has 25 heavy (non-hydrogen) atoms. The van der Waals surface area contributed by atoms with Gasteiger partial charge in [0.25, 0.3) is 10.1 Å². The summed E-state index contributed by atoms with van der Waals surface area (Å²) in [6, 6.07) is 12.8. The highest BCUT2D eigenvalue weighted by Gasteiger charge is 2.12. The van der Waals surface area contributed by atoms with E-state index < -0.39 is 26.8 Å². The summed E-state index contributed by atoms with van der Waals surface area (Å²) in [5, 5.41) is 32.2. The first kappa shape index (κ1) is 26.7. The number of carbonyl (C=O) groups excluding carboxylic acids is 1. The average molecular weight is 375 g/mol. The number of para-hydroxylation sites is 2. The summed E-state index contributed by atoms with van der Waals surface area (Å²) in [6.07, 6.45) is 0. The van der Waals surface area contributed by atoms with Crippen LogP contribution in [0.5, 0.6) is 11.5 Å². The monoisotopic (exact) mass is 375 g/mol. The van der Waals surface area contributed by atoms with E-state index in [1.807, 2.05) is 12.9 Å². The molecule has 0 saturated carbocycles. The summed E-state index contributed by atoms with van der Waals surface area (Å²) < 4.78 is 29.4. The Balaban J connectivity index is -0.000000299. The van der Waals surface area contributed by atoms with Crippen molar-refractivity contribution in [3.63, 3.8) is 0 Å². The molecule has 0 spiro atoms. The van der Waals surface area contributed by atoms with Crippen molar-refractivity contribution in [2.24, 2.45) is 5.73 Å². The van der Waals surface area contributed by atoms with Crippen LogP contribution in [-0.4, -0.2) is 36.0 Å². The smallest absolute Gasteiger partial charge is 0.298 e. The van der Waals surface area contributed by atoms with Gasteiger partial charge in [-0.1, -0.05) is 30.3 Å². The number of quaternary nitrogens is 1. The zero-order chi connectivity index (χ0) is 19.2. The van der Waals surface area contributed by atoms with Gasteiger partial charge in [0, 0.05) is 6.02 Å². The number of nitrogens with one attached hydrogen (secondary N) is 1. The summed E-state index contributed by atoms with van der Waals surface area (Å²) in [6.45, 7) is 2.00. The number of carbonyl (C=O) groups is 1. The van der Waals surface area contributed by atoms with Crippen LogP contribution in [0.25, 0.3) is 0 Å². The summed E-state index contributed by atoms with van der Waals surface area (Å²) in [5.41, 5.74) is 4.14. The molecule has 0 bridgehead atoms. The van der Waals surface area contributed by atoms with E-state index in [0.29, 0.717) is 5.75 Å². The molecule has 0 fully saturated rings. The number of hydrogen-bond donors (Lipinski definition) is 6. The predicted molar refractivity (Wildman–Crippen MR) is 91.0 cm³/mol. The highest BCUT2D eigenvalue weighted by atomic mass is 32.2. The van der Waals surface area contributed by atoms with Crippen molar-refractivity contribution < 1.29 is 33.1 Å². The summed E-state index contributed by atoms with van der Waals surface area (Å²) in [7, 11) is -4.28. The molecule has 0 saturated heterocycles. The van der Waals surface area contributed by atoms with Gasteiger partial charge in [-0.3, -0.25) is 9.96 Å². The number of phenols is 2. The molecule has 0 atom stereocenters. The molecule has 140 valence electrons. The van der Waals surface area contributed by atoms with Crippen molar-refractivity contribution in [2.75, 3.05) is 0 Å². The third-order valence-corrected chi connectivity index (χ3v) is 2.80. The standard InChI is InChI=1S/C6H6O4S.C6H6O.CH4N2O.CH2O.H3N/c7-5-3-1-2-4-6(5)11(8,9)10;7-6-4-2-1-3-5-6;2-1(3)4;1-2;/h1-4,7H,(H,8,9,10);1-5,7H;(H4,2,3,4);1H2;1H3. The molecule has 2 aromatic carbocycles. The second kappa shape index (κ2) is 14.4. The Hall–Kier alpha value is -3.15. The number of amidine groups is 1. The van der Waals surface area contributed by atoms with Crippen LogP contribution in [0.4, 0.5) is 0 Å². The van der Waals surface area contributed by atoms with Gasteiger partial charge < -0.3 is 32.0 Å². The third-order valence-electron chi connectivity index (χ3n) is 1.90. The van der Waals surface area contributed by atoms with Crippen molar-refractivity contribution >= 4 is 22.9 Å². The summed E-state index contributed by atoms with van der Waals surface area (Å²) in [5.74, 6) is -0.127. The van der Waals surface area contributed by atoms with E-state index >= 15 is 0 Å². The molecule has 2 rings (SSSR count). The maximum Gasteiger partial charge on any atom is 0.298 e. The zero-order valence-electron chi connectivity index (χ0n) is 13.4. The van der Waals surface area contributed by atoms with E-state index in [0.717, 1.165) is 6.07 Å². The number of phenolic OH excluding ortho intramolecular Hbond substituents is 2. The molecule has 0 aliphatic heterocycles. The Labute approximate surface area is 145 Å². The molecular formula is C14H21N3O7S. The largest absolute Gasteiger partial charge is 0.847 e. The predicted octanol–water partition coefficient (Wildman–Crippen LogP) is 0.463. The van der Waals surface area contributed by atoms with Crippen molar-refractivity contribution in [1.29, 1.82) is 5.41 Å². The molecule has 11 heteroatoms. The number of rotatable bonds is 1. The van der Waals surface area contributed by atoms with Gasteiger partial charge in [-0.2, -0.15) is 8.42 Å². The highest BCUT2D eigenvalue weighted by Crippen LogP contribution is 2.20. The van der Waals surface area contributed by atoms with E-state index in [9.17, 15) is 8.42 Å². The van der Waals surface area contributed by atoms with Crippen molar-refractivity contribution in [3.8, 4) is 11.5 Å². The second-order valence-electron chi connectivity index (χ2n) is 3.64. The first-order valence-electron chi connectivity index (χ1n) is 5.94. The van der Waals surface area contributed by atoms with Crippen LogP contribution < -0.4 is 17.0 Å². The minimum absolute atomic E-state index is 0. The van der Waals surface area contributed by atoms with Crippen molar-refractivity contribution in [2.45, 2.75) is 4.90 Å². The Morgan fingerprint density at radius 3 is 1.60 bits per heavy atom. The Bertz CT molecular complexity index is 705. The van der Waals surface area contributed by atoms with E-state index in [2.05, 4.69) is 5.73 Å². The van der Waals surface area contributed by atoms with Gasteiger partial charge in [-0.15, -0.1) is 0 Å². The van der Waals surface area contributed by atoms with Crippen LogP contribution in [0.1, 0.15) is 0 Å². The highest BCUT2D eigenvalue weighted by molar-refractivity contribution is 7.86. The van der Waals surface area contributed by atoms with Gasteiger partial charge in [0.2, 0.25) is 0 Å². The normalized spacial score (nSPS) is 8.52. The topological polar surface area (TPSA) is 221 Å². The number of nitrogens with two attached hydrogens (primary N) is 1. The molecule has 0 aromatic heterocycles. The van der Waals surface area contributed by atoms with Crippen LogP contribution in [0.15, 0.2) is 59.5 Å². The molecular weight excluding hydrogens is 354 g/mol. The third kappa shape index (κ3) is 15.5. The molecule has 0 radical (unpaired) electrons. The summed E-state index contributed by atoms with van der Waals surface area (Å²) >= 11 is 0. The number of aromatic hydroxyl groups is 2. The fraction of sp³-hybridized carbons (Fsp3) is 0. The second-order valence-corrected chi connectivity index (χ2v) is 5.03. The Morgan fingerprint density at radius 2 is 1.36 bits per heavy atom. The molecule has 0 heterocycles.